The van der Waals surface area contributed by atoms with Gasteiger partial charge in [-0.2, -0.15) is 5.10 Å². The van der Waals surface area contributed by atoms with E-state index in [1.807, 2.05) is 25.1 Å². The number of hydrogen-bond donors (Lipinski definition) is 2. The van der Waals surface area contributed by atoms with Gasteiger partial charge < -0.3 is 5.73 Å². The highest BCUT2D eigenvalue weighted by molar-refractivity contribution is 7.99. The molecule has 0 aliphatic heterocycles. The van der Waals surface area contributed by atoms with Crippen molar-refractivity contribution in [2.24, 2.45) is 5.73 Å². The summed E-state index contributed by atoms with van der Waals surface area (Å²) in [7, 11) is 0. The first-order valence-corrected chi connectivity index (χ1v) is 6.42. The molecule has 1 heterocycles. The maximum absolute atomic E-state index is 6.20. The van der Waals surface area contributed by atoms with E-state index in [9.17, 15) is 0 Å². The number of aromatic amines is 1. The molecule has 0 saturated carbocycles. The summed E-state index contributed by atoms with van der Waals surface area (Å²) in [6, 6.07) is 5.88. The molecule has 0 aliphatic rings. The van der Waals surface area contributed by atoms with E-state index >= 15 is 0 Å². The molecule has 17 heavy (non-hydrogen) atoms. The van der Waals surface area contributed by atoms with Gasteiger partial charge in [0.05, 0.1) is 0 Å². The smallest absolute Gasteiger partial charge is 0.188 e. The topological polar surface area (TPSA) is 67.6 Å². The van der Waals surface area contributed by atoms with Crippen molar-refractivity contribution in [3.05, 3.63) is 35.1 Å². The van der Waals surface area contributed by atoms with E-state index in [2.05, 4.69) is 15.2 Å². The number of benzene rings is 1. The Hall–Kier alpha value is -1.04. The van der Waals surface area contributed by atoms with Crippen molar-refractivity contribution in [2.45, 2.75) is 29.4 Å². The second kappa shape index (κ2) is 5.53. The fourth-order valence-corrected chi connectivity index (χ4v) is 2.68. The third kappa shape index (κ3) is 3.21. The molecule has 0 aliphatic carbocycles. The number of H-pyrrole nitrogens is 1. The molecule has 4 nitrogen and oxygen atoms in total. The van der Waals surface area contributed by atoms with Crippen LogP contribution >= 0.6 is 23.4 Å². The van der Waals surface area contributed by atoms with E-state index in [0.717, 1.165) is 27.1 Å². The summed E-state index contributed by atoms with van der Waals surface area (Å²) in [6.07, 6.45) is 2.23. The van der Waals surface area contributed by atoms with E-state index in [-0.39, 0.29) is 6.04 Å². The summed E-state index contributed by atoms with van der Waals surface area (Å²) in [6.45, 7) is 1.96. The fourth-order valence-electron chi connectivity index (χ4n) is 1.50. The van der Waals surface area contributed by atoms with E-state index in [4.69, 9.17) is 17.3 Å². The van der Waals surface area contributed by atoms with Crippen LogP contribution in [0.4, 0.5) is 0 Å². The number of nitrogens with zero attached hydrogens (tertiary/aromatic N) is 2. The molecule has 3 N–H and O–H groups in total. The predicted molar refractivity (Wildman–Crippen MR) is 69.3 cm³/mol. The van der Waals surface area contributed by atoms with Gasteiger partial charge in [-0.3, -0.25) is 5.10 Å². The Balaban J connectivity index is 2.29. The summed E-state index contributed by atoms with van der Waals surface area (Å²) < 4.78 is 0. The molecular formula is C11H13ClN4S. The Kier molecular flexibility index (Phi) is 4.04. The molecule has 90 valence electrons. The van der Waals surface area contributed by atoms with Crippen LogP contribution < -0.4 is 5.73 Å². The Morgan fingerprint density at radius 3 is 3.00 bits per heavy atom. The van der Waals surface area contributed by atoms with Crippen molar-refractivity contribution in [3.8, 4) is 0 Å². The van der Waals surface area contributed by atoms with E-state index in [1.54, 1.807) is 0 Å². The quantitative estimate of drug-likeness (QED) is 0.894. The van der Waals surface area contributed by atoms with Crippen LogP contribution in [0.1, 0.15) is 12.5 Å². The highest BCUT2D eigenvalue weighted by Gasteiger charge is 2.11. The number of hydrogen-bond acceptors (Lipinski definition) is 4. The van der Waals surface area contributed by atoms with Crippen LogP contribution in [0.5, 0.6) is 0 Å². The Morgan fingerprint density at radius 1 is 1.53 bits per heavy atom. The zero-order valence-electron chi connectivity index (χ0n) is 9.35. The third-order valence-corrected chi connectivity index (χ3v) is 3.55. The maximum Gasteiger partial charge on any atom is 0.188 e. The maximum atomic E-state index is 6.20. The van der Waals surface area contributed by atoms with E-state index < -0.39 is 0 Å². The molecule has 0 bridgehead atoms. The standard InChI is InChI=1S/C11H13ClN4S/c1-7(13)5-8-9(12)3-2-4-10(8)17-11-14-6-15-16-11/h2-4,6-7H,5,13H2,1H3,(H,14,15,16). The van der Waals surface area contributed by atoms with Crippen LogP contribution in [0.25, 0.3) is 0 Å². The van der Waals surface area contributed by atoms with E-state index in [0.29, 0.717) is 0 Å². The van der Waals surface area contributed by atoms with Gasteiger partial charge in [-0.25, -0.2) is 4.98 Å². The Bertz CT molecular complexity index is 484. The SMILES string of the molecule is CC(N)Cc1c(Cl)cccc1Sc1ncn[nH]1. The van der Waals surface area contributed by atoms with Crippen molar-refractivity contribution >= 4 is 23.4 Å². The van der Waals surface area contributed by atoms with Crippen molar-refractivity contribution in [3.63, 3.8) is 0 Å². The zero-order chi connectivity index (χ0) is 12.3. The number of nitrogens with two attached hydrogens (primary N) is 1. The molecule has 1 aromatic heterocycles. The largest absolute Gasteiger partial charge is 0.328 e. The number of rotatable bonds is 4. The van der Waals surface area contributed by atoms with Gasteiger partial charge in [0.15, 0.2) is 5.16 Å². The highest BCUT2D eigenvalue weighted by Crippen LogP contribution is 2.32. The second-order valence-electron chi connectivity index (χ2n) is 3.79. The lowest BCUT2D eigenvalue weighted by Crippen LogP contribution is -2.18. The molecular weight excluding hydrogens is 256 g/mol. The van der Waals surface area contributed by atoms with Crippen molar-refractivity contribution < 1.29 is 0 Å². The first-order valence-electron chi connectivity index (χ1n) is 5.23. The fraction of sp³-hybridized carbons (Fsp3) is 0.273. The van der Waals surface area contributed by atoms with Crippen LogP contribution in [0.2, 0.25) is 5.02 Å². The Morgan fingerprint density at radius 2 is 2.35 bits per heavy atom. The van der Waals surface area contributed by atoms with Gasteiger partial charge in [0, 0.05) is 16.0 Å². The van der Waals surface area contributed by atoms with Gasteiger partial charge in [0.2, 0.25) is 0 Å². The second-order valence-corrected chi connectivity index (χ2v) is 5.23. The van der Waals surface area contributed by atoms with E-state index in [1.165, 1.54) is 18.1 Å². The first kappa shape index (κ1) is 12.4. The minimum absolute atomic E-state index is 0.0731. The number of nitrogens with one attached hydrogen (secondary N) is 1. The van der Waals surface area contributed by atoms with Crippen LogP contribution in [-0.4, -0.2) is 21.2 Å². The first-order chi connectivity index (χ1) is 8.16. The van der Waals surface area contributed by atoms with Crippen LogP contribution in [0.3, 0.4) is 0 Å². The average molecular weight is 269 g/mol. The zero-order valence-corrected chi connectivity index (χ0v) is 10.9. The average Bonchev–Trinajstić information content (AvgIpc) is 2.75. The molecule has 2 aromatic rings. The molecule has 0 radical (unpaired) electrons. The third-order valence-electron chi connectivity index (χ3n) is 2.20. The normalized spacial score (nSPS) is 12.6. The summed E-state index contributed by atoms with van der Waals surface area (Å²) in [5.41, 5.74) is 6.89. The van der Waals surface area contributed by atoms with Gasteiger partial charge >= 0.3 is 0 Å². The summed E-state index contributed by atoms with van der Waals surface area (Å²) in [4.78, 5) is 5.15. The monoisotopic (exact) mass is 268 g/mol. The van der Waals surface area contributed by atoms with Gasteiger partial charge in [-0.05, 0) is 31.0 Å². The predicted octanol–water partition coefficient (Wildman–Crippen LogP) is 2.50. The molecule has 1 atom stereocenters. The molecule has 0 amide bonds. The lowest BCUT2D eigenvalue weighted by Gasteiger charge is -2.11. The lowest BCUT2D eigenvalue weighted by atomic mass is 10.1. The van der Waals surface area contributed by atoms with Crippen LogP contribution in [0.15, 0.2) is 34.6 Å². The molecule has 0 spiro atoms. The van der Waals surface area contributed by atoms with Gasteiger partial charge in [0.1, 0.15) is 6.33 Å². The Labute approximate surface area is 109 Å². The summed E-state index contributed by atoms with van der Waals surface area (Å²) in [5, 5.41) is 8.12. The highest BCUT2D eigenvalue weighted by atomic mass is 35.5. The molecule has 1 aromatic carbocycles. The van der Waals surface area contributed by atoms with Gasteiger partial charge in [-0.15, -0.1) is 0 Å². The molecule has 1 unspecified atom stereocenters. The van der Waals surface area contributed by atoms with Gasteiger partial charge in [-0.1, -0.05) is 29.4 Å². The lowest BCUT2D eigenvalue weighted by molar-refractivity contribution is 0.729. The number of halogens is 1. The molecule has 2 rings (SSSR count). The molecule has 6 heteroatoms. The summed E-state index contributed by atoms with van der Waals surface area (Å²) in [5.74, 6) is 0. The minimum atomic E-state index is 0.0731. The minimum Gasteiger partial charge on any atom is -0.328 e. The van der Waals surface area contributed by atoms with Crippen molar-refractivity contribution in [1.82, 2.24) is 15.2 Å². The number of aromatic nitrogens is 3. The van der Waals surface area contributed by atoms with Crippen LogP contribution in [-0.2, 0) is 6.42 Å². The summed E-state index contributed by atoms with van der Waals surface area (Å²) >= 11 is 7.71. The molecule has 0 saturated heterocycles. The van der Waals surface area contributed by atoms with Crippen molar-refractivity contribution in [2.75, 3.05) is 0 Å². The van der Waals surface area contributed by atoms with Gasteiger partial charge in [0.25, 0.3) is 0 Å². The van der Waals surface area contributed by atoms with Crippen LogP contribution in [0, 0.1) is 0 Å². The molecule has 0 fully saturated rings. The van der Waals surface area contributed by atoms with Crippen molar-refractivity contribution in [1.29, 1.82) is 0 Å².